The maximum absolute atomic E-state index is 11.9. The molecule has 0 aliphatic carbocycles. The second-order valence-corrected chi connectivity index (χ2v) is 7.46. The summed E-state index contributed by atoms with van der Waals surface area (Å²) < 4.78 is 0. The first-order chi connectivity index (χ1) is 11.3. The first kappa shape index (κ1) is 20.7. The molecule has 1 aliphatic heterocycles. The number of hydrogen-bond donors (Lipinski definition) is 1. The van der Waals surface area contributed by atoms with Gasteiger partial charge in [-0.05, 0) is 25.8 Å². The molecule has 0 bridgehead atoms. The van der Waals surface area contributed by atoms with Crippen LogP contribution < -0.4 is 5.32 Å². The van der Waals surface area contributed by atoms with Crippen LogP contribution in [0.3, 0.4) is 0 Å². The number of hydrogen-bond acceptors (Lipinski definition) is 2. The third-order valence-electron chi connectivity index (χ3n) is 5.23. The molecule has 1 heterocycles. The minimum absolute atomic E-state index is 0.192. The molecule has 136 valence electrons. The van der Waals surface area contributed by atoms with E-state index in [1.807, 2.05) is 0 Å². The largest absolute Gasteiger partial charge is 0.307 e. The third-order valence-corrected chi connectivity index (χ3v) is 5.23. The van der Waals surface area contributed by atoms with E-state index in [0.717, 1.165) is 25.8 Å². The van der Waals surface area contributed by atoms with Crippen LogP contribution in [0.25, 0.3) is 0 Å². The fraction of sp³-hybridized carbons (Fsp3) is 0.952. The summed E-state index contributed by atoms with van der Waals surface area (Å²) in [4.78, 5) is 11.9. The molecule has 0 aromatic carbocycles. The van der Waals surface area contributed by atoms with Gasteiger partial charge in [0.15, 0.2) is 0 Å². The topological polar surface area (TPSA) is 29.1 Å². The summed E-state index contributed by atoms with van der Waals surface area (Å²) >= 11 is 0. The SMILES string of the molecule is CCCCCCCCCCCCCCCCC(=O)[C@@H]1CCCN1. The fourth-order valence-corrected chi connectivity index (χ4v) is 3.63. The van der Waals surface area contributed by atoms with Gasteiger partial charge in [0.05, 0.1) is 6.04 Å². The number of unbranched alkanes of at least 4 members (excludes halogenated alkanes) is 13. The molecule has 0 aromatic rings. The molecule has 1 saturated heterocycles. The van der Waals surface area contributed by atoms with E-state index >= 15 is 0 Å². The highest BCUT2D eigenvalue weighted by Gasteiger charge is 2.20. The van der Waals surface area contributed by atoms with E-state index in [2.05, 4.69) is 12.2 Å². The molecule has 1 rings (SSSR count). The van der Waals surface area contributed by atoms with Gasteiger partial charge in [-0.25, -0.2) is 0 Å². The summed E-state index contributed by atoms with van der Waals surface area (Å²) in [6, 6.07) is 0.192. The lowest BCUT2D eigenvalue weighted by Crippen LogP contribution is -2.30. The highest BCUT2D eigenvalue weighted by molar-refractivity contribution is 5.84. The van der Waals surface area contributed by atoms with E-state index in [0.29, 0.717) is 5.78 Å². The van der Waals surface area contributed by atoms with Crippen LogP contribution in [0.2, 0.25) is 0 Å². The quantitative estimate of drug-likeness (QED) is 0.344. The Morgan fingerprint density at radius 1 is 0.783 bits per heavy atom. The van der Waals surface area contributed by atoms with Gasteiger partial charge in [-0.2, -0.15) is 0 Å². The van der Waals surface area contributed by atoms with Crippen molar-refractivity contribution in [2.75, 3.05) is 6.54 Å². The lowest BCUT2D eigenvalue weighted by Gasteiger charge is -2.08. The predicted molar refractivity (Wildman–Crippen MR) is 101 cm³/mol. The van der Waals surface area contributed by atoms with Crippen LogP contribution in [0.5, 0.6) is 0 Å². The number of nitrogens with one attached hydrogen (secondary N) is 1. The van der Waals surface area contributed by atoms with Gasteiger partial charge in [-0.15, -0.1) is 0 Å². The Morgan fingerprint density at radius 3 is 1.70 bits per heavy atom. The maximum atomic E-state index is 11.9. The number of Topliss-reactive ketones (excluding diaryl/α,β-unsaturated/α-hetero) is 1. The van der Waals surface area contributed by atoms with Gasteiger partial charge in [-0.1, -0.05) is 90.4 Å². The Kier molecular flexibility index (Phi) is 13.6. The Balaban J connectivity index is 1.72. The van der Waals surface area contributed by atoms with E-state index in [9.17, 15) is 4.79 Å². The van der Waals surface area contributed by atoms with Crippen molar-refractivity contribution in [2.45, 2.75) is 122 Å². The van der Waals surface area contributed by atoms with Gasteiger partial charge < -0.3 is 5.32 Å². The van der Waals surface area contributed by atoms with Crippen LogP contribution in [0.1, 0.15) is 116 Å². The monoisotopic (exact) mass is 323 g/mol. The molecule has 0 spiro atoms. The van der Waals surface area contributed by atoms with Crippen molar-refractivity contribution in [3.63, 3.8) is 0 Å². The third kappa shape index (κ3) is 11.8. The van der Waals surface area contributed by atoms with Crippen LogP contribution in [-0.2, 0) is 4.79 Å². The van der Waals surface area contributed by atoms with Crippen LogP contribution in [-0.4, -0.2) is 18.4 Å². The molecular formula is C21H41NO. The van der Waals surface area contributed by atoms with Gasteiger partial charge in [0.2, 0.25) is 0 Å². The lowest BCUT2D eigenvalue weighted by atomic mass is 10.0. The summed E-state index contributed by atoms with van der Waals surface area (Å²) in [5.74, 6) is 0.460. The molecular weight excluding hydrogens is 282 g/mol. The summed E-state index contributed by atoms with van der Waals surface area (Å²) in [5, 5.41) is 3.31. The van der Waals surface area contributed by atoms with Gasteiger partial charge in [0.1, 0.15) is 5.78 Å². The first-order valence-corrected chi connectivity index (χ1v) is 10.6. The molecule has 1 atom stereocenters. The number of ketones is 1. The standard InChI is InChI=1S/C21H41NO/c1-2-3-4-5-6-7-8-9-10-11-12-13-14-15-18-21(23)20-17-16-19-22-20/h20,22H,2-19H2,1H3/t20-/m0/s1. The zero-order chi connectivity index (χ0) is 16.6. The Bertz CT molecular complexity index is 271. The molecule has 1 N–H and O–H groups in total. The van der Waals surface area contributed by atoms with Gasteiger partial charge in [0, 0.05) is 6.42 Å². The molecule has 0 unspecified atom stereocenters. The lowest BCUT2D eigenvalue weighted by molar-refractivity contribution is -0.120. The number of rotatable bonds is 16. The summed E-state index contributed by atoms with van der Waals surface area (Å²) in [6.07, 6.45) is 22.3. The zero-order valence-electron chi connectivity index (χ0n) is 15.7. The van der Waals surface area contributed by atoms with Crippen LogP contribution in [0, 0.1) is 0 Å². The van der Waals surface area contributed by atoms with Gasteiger partial charge in [-0.3, -0.25) is 4.79 Å². The maximum Gasteiger partial charge on any atom is 0.149 e. The average Bonchev–Trinajstić information content (AvgIpc) is 3.09. The molecule has 0 amide bonds. The van der Waals surface area contributed by atoms with E-state index in [4.69, 9.17) is 0 Å². The predicted octanol–water partition coefficient (Wildman–Crippen LogP) is 6.18. The molecule has 0 saturated carbocycles. The molecule has 2 nitrogen and oxygen atoms in total. The highest BCUT2D eigenvalue weighted by atomic mass is 16.1. The summed E-state index contributed by atoms with van der Waals surface area (Å²) in [6.45, 7) is 3.32. The van der Waals surface area contributed by atoms with Crippen LogP contribution in [0.4, 0.5) is 0 Å². The van der Waals surface area contributed by atoms with Crippen LogP contribution >= 0.6 is 0 Å². The average molecular weight is 324 g/mol. The molecule has 2 heteroatoms. The van der Waals surface area contributed by atoms with Crippen molar-refractivity contribution in [3.05, 3.63) is 0 Å². The van der Waals surface area contributed by atoms with Gasteiger partial charge >= 0.3 is 0 Å². The van der Waals surface area contributed by atoms with Crippen LogP contribution in [0.15, 0.2) is 0 Å². The Hall–Kier alpha value is -0.370. The molecule has 0 aromatic heterocycles. The van der Waals surface area contributed by atoms with E-state index in [1.54, 1.807) is 0 Å². The van der Waals surface area contributed by atoms with Crippen molar-refractivity contribution in [1.29, 1.82) is 0 Å². The first-order valence-electron chi connectivity index (χ1n) is 10.6. The van der Waals surface area contributed by atoms with E-state index in [-0.39, 0.29) is 6.04 Å². The van der Waals surface area contributed by atoms with E-state index < -0.39 is 0 Å². The molecule has 1 aliphatic rings. The minimum atomic E-state index is 0.192. The smallest absolute Gasteiger partial charge is 0.149 e. The van der Waals surface area contributed by atoms with Crippen molar-refractivity contribution < 1.29 is 4.79 Å². The fourth-order valence-electron chi connectivity index (χ4n) is 3.63. The van der Waals surface area contributed by atoms with Gasteiger partial charge in [0.25, 0.3) is 0 Å². The molecule has 0 radical (unpaired) electrons. The Labute approximate surface area is 145 Å². The van der Waals surface area contributed by atoms with Crippen molar-refractivity contribution in [2.24, 2.45) is 0 Å². The molecule has 23 heavy (non-hydrogen) atoms. The minimum Gasteiger partial charge on any atom is -0.307 e. The van der Waals surface area contributed by atoms with Crippen molar-refractivity contribution in [3.8, 4) is 0 Å². The Morgan fingerprint density at radius 2 is 1.26 bits per heavy atom. The van der Waals surface area contributed by atoms with E-state index in [1.165, 1.54) is 89.9 Å². The summed E-state index contributed by atoms with van der Waals surface area (Å²) in [7, 11) is 0. The second-order valence-electron chi connectivity index (χ2n) is 7.46. The second kappa shape index (κ2) is 15.2. The normalized spacial score (nSPS) is 17.7. The number of carbonyl (C=O) groups excluding carboxylic acids is 1. The molecule has 1 fully saturated rings. The van der Waals surface area contributed by atoms with Crippen molar-refractivity contribution in [1.82, 2.24) is 5.32 Å². The highest BCUT2D eigenvalue weighted by Crippen LogP contribution is 2.14. The van der Waals surface area contributed by atoms with Crippen molar-refractivity contribution >= 4 is 5.78 Å². The number of carbonyl (C=O) groups is 1. The summed E-state index contributed by atoms with van der Waals surface area (Å²) in [5.41, 5.74) is 0. The zero-order valence-corrected chi connectivity index (χ0v) is 15.7.